The molecule has 0 aromatic heterocycles. The van der Waals surface area contributed by atoms with Crippen LogP contribution in [-0.4, -0.2) is 27.7 Å². The fourth-order valence-corrected chi connectivity index (χ4v) is 5.14. The SMILES string of the molecule is O=C1OC2C3CCC([C@@H]2I)[C@H](CO)C13. The Hall–Kier alpha value is 0.160. The molecule has 1 saturated heterocycles. The summed E-state index contributed by atoms with van der Waals surface area (Å²) in [5.74, 6) is 1.01. The summed E-state index contributed by atoms with van der Waals surface area (Å²) in [6, 6.07) is 0. The van der Waals surface area contributed by atoms with Crippen molar-refractivity contribution in [3.63, 3.8) is 0 Å². The van der Waals surface area contributed by atoms with Crippen LogP contribution >= 0.6 is 22.6 Å². The number of fused-ring (bicyclic) bond motifs is 1. The number of alkyl halides is 1. The third-order valence-electron chi connectivity index (χ3n) is 4.19. The molecule has 14 heavy (non-hydrogen) atoms. The molecule has 1 N–H and O–H groups in total. The minimum absolute atomic E-state index is 0.00904. The smallest absolute Gasteiger partial charge is 0.310 e. The fraction of sp³-hybridized carbons (Fsp3) is 0.900. The number of ether oxygens (including phenoxy) is 1. The number of halogens is 1. The molecule has 4 unspecified atom stereocenters. The standard InChI is InChI=1S/C10H13IO3/c11-8-4-1-2-5-7(6(4)3-12)10(13)14-9(5)8/h4-9,12H,1-3H2/t4?,5?,6-,7?,8-,9?/m0/s1. The second-order valence-electron chi connectivity index (χ2n) is 4.62. The number of esters is 1. The van der Waals surface area contributed by atoms with Crippen molar-refractivity contribution in [1.29, 1.82) is 0 Å². The highest BCUT2D eigenvalue weighted by atomic mass is 127. The van der Waals surface area contributed by atoms with Crippen molar-refractivity contribution in [2.45, 2.75) is 22.9 Å². The lowest BCUT2D eigenvalue weighted by molar-refractivity contribution is -0.144. The number of carbonyl (C=O) groups excluding carboxylic acids is 1. The molecular weight excluding hydrogens is 295 g/mol. The molecule has 4 rings (SSSR count). The van der Waals surface area contributed by atoms with Gasteiger partial charge in [0.1, 0.15) is 6.10 Å². The van der Waals surface area contributed by atoms with Crippen molar-refractivity contribution in [1.82, 2.24) is 0 Å². The van der Waals surface area contributed by atoms with Crippen LogP contribution in [0.2, 0.25) is 0 Å². The Morgan fingerprint density at radius 1 is 1.43 bits per heavy atom. The van der Waals surface area contributed by atoms with Crippen molar-refractivity contribution in [2.24, 2.45) is 23.7 Å². The van der Waals surface area contributed by atoms with Gasteiger partial charge in [-0.2, -0.15) is 0 Å². The third kappa shape index (κ3) is 0.988. The topological polar surface area (TPSA) is 46.5 Å². The second kappa shape index (κ2) is 3.07. The summed E-state index contributed by atoms with van der Waals surface area (Å²) in [4.78, 5) is 11.6. The van der Waals surface area contributed by atoms with Gasteiger partial charge in [0.05, 0.1) is 9.84 Å². The molecule has 78 valence electrons. The van der Waals surface area contributed by atoms with Gasteiger partial charge in [-0.1, -0.05) is 22.6 Å². The lowest BCUT2D eigenvalue weighted by atomic mass is 9.59. The molecule has 4 fully saturated rings. The van der Waals surface area contributed by atoms with Crippen LogP contribution in [0.5, 0.6) is 0 Å². The van der Waals surface area contributed by atoms with E-state index in [0.717, 1.165) is 12.8 Å². The lowest BCUT2D eigenvalue weighted by Gasteiger charge is -2.47. The first-order valence-corrected chi connectivity index (χ1v) is 6.44. The summed E-state index contributed by atoms with van der Waals surface area (Å²) < 4.78 is 5.83. The molecule has 3 aliphatic carbocycles. The van der Waals surface area contributed by atoms with E-state index in [0.29, 0.717) is 15.8 Å². The monoisotopic (exact) mass is 308 g/mol. The fourth-order valence-electron chi connectivity index (χ4n) is 3.57. The molecule has 4 bridgehead atoms. The molecule has 6 atom stereocenters. The van der Waals surface area contributed by atoms with E-state index in [9.17, 15) is 9.90 Å². The highest BCUT2D eigenvalue weighted by Crippen LogP contribution is 2.56. The van der Waals surface area contributed by atoms with Gasteiger partial charge in [0.15, 0.2) is 0 Å². The molecule has 3 saturated carbocycles. The number of hydrogen-bond donors (Lipinski definition) is 1. The summed E-state index contributed by atoms with van der Waals surface area (Å²) in [5.41, 5.74) is 0. The van der Waals surface area contributed by atoms with Gasteiger partial charge in [0.2, 0.25) is 0 Å². The number of carbonyl (C=O) groups is 1. The van der Waals surface area contributed by atoms with Crippen molar-refractivity contribution in [3.8, 4) is 0 Å². The van der Waals surface area contributed by atoms with Gasteiger partial charge in [-0.3, -0.25) is 4.79 Å². The van der Waals surface area contributed by atoms with Crippen LogP contribution in [0.4, 0.5) is 0 Å². The molecule has 0 aromatic carbocycles. The first-order chi connectivity index (χ1) is 6.74. The maximum absolute atomic E-state index is 11.6. The Morgan fingerprint density at radius 3 is 2.86 bits per heavy atom. The lowest BCUT2D eigenvalue weighted by Crippen LogP contribution is -2.51. The van der Waals surface area contributed by atoms with Gasteiger partial charge in [0, 0.05) is 12.5 Å². The van der Waals surface area contributed by atoms with Gasteiger partial charge in [0.25, 0.3) is 0 Å². The Morgan fingerprint density at radius 2 is 2.14 bits per heavy atom. The maximum atomic E-state index is 11.6. The molecule has 4 aliphatic rings. The van der Waals surface area contributed by atoms with Crippen LogP contribution < -0.4 is 0 Å². The predicted molar refractivity (Wildman–Crippen MR) is 58.0 cm³/mol. The van der Waals surface area contributed by atoms with Crippen molar-refractivity contribution < 1.29 is 14.6 Å². The molecule has 1 aliphatic heterocycles. The van der Waals surface area contributed by atoms with E-state index in [1.165, 1.54) is 0 Å². The minimum Gasteiger partial charge on any atom is -0.461 e. The molecule has 0 aromatic rings. The van der Waals surface area contributed by atoms with Gasteiger partial charge < -0.3 is 9.84 Å². The molecule has 3 nitrogen and oxygen atoms in total. The summed E-state index contributed by atoms with van der Waals surface area (Å²) in [7, 11) is 0. The Balaban J connectivity index is 2.01. The number of aliphatic hydroxyl groups excluding tert-OH is 1. The van der Waals surface area contributed by atoms with E-state index in [-0.39, 0.29) is 30.5 Å². The first-order valence-electron chi connectivity index (χ1n) is 5.19. The number of hydrogen-bond acceptors (Lipinski definition) is 3. The molecule has 0 spiro atoms. The van der Waals surface area contributed by atoms with Crippen LogP contribution in [0.15, 0.2) is 0 Å². The van der Waals surface area contributed by atoms with E-state index >= 15 is 0 Å². The average molecular weight is 308 g/mol. The zero-order valence-corrected chi connectivity index (χ0v) is 9.88. The van der Waals surface area contributed by atoms with E-state index in [2.05, 4.69) is 22.6 Å². The summed E-state index contributed by atoms with van der Waals surface area (Å²) in [6.45, 7) is 0.146. The normalized spacial score (nSPS) is 54.9. The van der Waals surface area contributed by atoms with Crippen LogP contribution in [0.3, 0.4) is 0 Å². The quantitative estimate of drug-likeness (QED) is 0.446. The Kier molecular flexibility index (Phi) is 2.06. The number of aliphatic hydroxyl groups is 1. The summed E-state index contributed by atoms with van der Waals surface area (Å²) >= 11 is 2.40. The minimum atomic E-state index is -0.0529. The maximum Gasteiger partial charge on any atom is 0.310 e. The van der Waals surface area contributed by atoms with Gasteiger partial charge >= 0.3 is 5.97 Å². The zero-order valence-electron chi connectivity index (χ0n) is 7.73. The highest BCUT2D eigenvalue weighted by molar-refractivity contribution is 14.1. The van der Waals surface area contributed by atoms with Crippen LogP contribution in [-0.2, 0) is 9.53 Å². The van der Waals surface area contributed by atoms with E-state index in [4.69, 9.17) is 4.74 Å². The van der Waals surface area contributed by atoms with Gasteiger partial charge in [-0.25, -0.2) is 0 Å². The number of rotatable bonds is 1. The molecular formula is C10H13IO3. The third-order valence-corrected chi connectivity index (χ3v) is 5.82. The van der Waals surface area contributed by atoms with Gasteiger partial charge in [-0.15, -0.1) is 0 Å². The second-order valence-corrected chi connectivity index (χ2v) is 6.06. The van der Waals surface area contributed by atoms with E-state index < -0.39 is 0 Å². The van der Waals surface area contributed by atoms with E-state index in [1.54, 1.807) is 0 Å². The van der Waals surface area contributed by atoms with Crippen molar-refractivity contribution >= 4 is 28.6 Å². The highest BCUT2D eigenvalue weighted by Gasteiger charge is 2.61. The molecule has 1 heterocycles. The molecule has 0 radical (unpaired) electrons. The van der Waals surface area contributed by atoms with Crippen molar-refractivity contribution in [2.75, 3.05) is 6.61 Å². The molecule has 4 heteroatoms. The van der Waals surface area contributed by atoms with Gasteiger partial charge in [-0.05, 0) is 24.7 Å². The zero-order chi connectivity index (χ0) is 9.87. The summed E-state index contributed by atoms with van der Waals surface area (Å²) in [5, 5.41) is 9.36. The van der Waals surface area contributed by atoms with Crippen LogP contribution in [0, 0.1) is 23.7 Å². The average Bonchev–Trinajstić information content (AvgIpc) is 2.50. The van der Waals surface area contributed by atoms with Crippen LogP contribution in [0.1, 0.15) is 12.8 Å². The largest absolute Gasteiger partial charge is 0.461 e. The Labute approximate surface area is 96.3 Å². The van der Waals surface area contributed by atoms with Crippen molar-refractivity contribution in [3.05, 3.63) is 0 Å². The van der Waals surface area contributed by atoms with E-state index in [1.807, 2.05) is 0 Å². The Bertz CT molecular complexity index is 281. The summed E-state index contributed by atoms with van der Waals surface area (Å²) in [6.07, 6.45) is 2.42. The first kappa shape index (κ1) is 9.39. The van der Waals surface area contributed by atoms with Crippen LogP contribution in [0.25, 0.3) is 0 Å². The molecule has 0 amide bonds. The predicted octanol–water partition coefficient (Wildman–Crippen LogP) is 0.980.